The van der Waals surface area contributed by atoms with Gasteiger partial charge >= 0.3 is 0 Å². The van der Waals surface area contributed by atoms with E-state index in [4.69, 9.17) is 4.74 Å². The number of fused-ring (bicyclic) bond motifs is 3. The van der Waals surface area contributed by atoms with Gasteiger partial charge in [0.05, 0.1) is 11.9 Å². The van der Waals surface area contributed by atoms with Crippen molar-refractivity contribution >= 4 is 10.9 Å². The van der Waals surface area contributed by atoms with Crippen molar-refractivity contribution in [3.05, 3.63) is 48.8 Å². The number of ether oxygens (including phenoxy) is 1. The van der Waals surface area contributed by atoms with Crippen LogP contribution in [0.2, 0.25) is 0 Å². The summed E-state index contributed by atoms with van der Waals surface area (Å²) in [5.41, 5.74) is 3.27. The van der Waals surface area contributed by atoms with Gasteiger partial charge in [-0.05, 0) is 63.1 Å². The van der Waals surface area contributed by atoms with Gasteiger partial charge in [0.15, 0.2) is 0 Å². The van der Waals surface area contributed by atoms with E-state index in [-0.39, 0.29) is 0 Å². The fourth-order valence-corrected chi connectivity index (χ4v) is 4.48. The van der Waals surface area contributed by atoms with E-state index in [9.17, 15) is 0 Å². The van der Waals surface area contributed by atoms with Crippen molar-refractivity contribution in [2.75, 3.05) is 7.05 Å². The number of piperidine rings is 1. The van der Waals surface area contributed by atoms with Crippen LogP contribution >= 0.6 is 0 Å². The zero-order valence-electron chi connectivity index (χ0n) is 14.5. The first-order valence-corrected chi connectivity index (χ1v) is 9.18. The maximum absolute atomic E-state index is 6.24. The average molecular weight is 333 g/mol. The van der Waals surface area contributed by atoms with Crippen LogP contribution in [0.5, 0.6) is 5.75 Å². The zero-order chi connectivity index (χ0) is 16.8. The molecule has 3 aromatic rings. The summed E-state index contributed by atoms with van der Waals surface area (Å²) in [5.74, 6) is 0.889. The van der Waals surface area contributed by atoms with Crippen molar-refractivity contribution in [2.45, 2.75) is 43.9 Å². The molecule has 128 valence electrons. The average Bonchev–Trinajstić information content (AvgIpc) is 3.16. The molecule has 0 amide bonds. The number of hydrogen-bond acceptors (Lipinski definition) is 3. The van der Waals surface area contributed by atoms with Gasteiger partial charge in [-0.25, -0.2) is 0 Å². The van der Waals surface area contributed by atoms with E-state index in [1.165, 1.54) is 18.2 Å². The highest BCUT2D eigenvalue weighted by atomic mass is 16.5. The van der Waals surface area contributed by atoms with E-state index in [0.717, 1.165) is 35.4 Å². The molecule has 2 bridgehead atoms. The Hall–Kier alpha value is -2.33. The molecule has 4 nitrogen and oxygen atoms in total. The summed E-state index contributed by atoms with van der Waals surface area (Å²) in [5, 5.41) is 1.21. The highest BCUT2D eigenvalue weighted by Gasteiger charge is 2.39. The maximum atomic E-state index is 6.24. The van der Waals surface area contributed by atoms with Crippen LogP contribution in [0.15, 0.2) is 48.8 Å². The van der Waals surface area contributed by atoms with Crippen LogP contribution in [0.25, 0.3) is 22.2 Å². The molecule has 1 N–H and O–H groups in total. The molecule has 2 aliphatic heterocycles. The van der Waals surface area contributed by atoms with Gasteiger partial charge in [0.2, 0.25) is 0 Å². The largest absolute Gasteiger partial charge is 0.489 e. The van der Waals surface area contributed by atoms with Crippen LogP contribution in [0.3, 0.4) is 0 Å². The Bertz CT molecular complexity index is 872. The number of aromatic nitrogens is 2. The number of hydrogen-bond donors (Lipinski definition) is 1. The van der Waals surface area contributed by atoms with Crippen molar-refractivity contribution in [1.82, 2.24) is 14.9 Å². The molecule has 0 radical (unpaired) electrons. The molecule has 5 rings (SSSR count). The van der Waals surface area contributed by atoms with E-state index in [1.54, 1.807) is 0 Å². The van der Waals surface area contributed by atoms with E-state index in [0.29, 0.717) is 18.2 Å². The molecule has 4 heterocycles. The molecule has 2 aliphatic rings. The Morgan fingerprint density at radius 1 is 1.08 bits per heavy atom. The molecule has 0 spiro atoms. The standard InChI is InChI=1S/C21H23N3O/c1-24-16-3-4-17(24)12-19(11-16)25-18-5-7-21(23-13-18)14-2-6-20-15(10-14)8-9-22-20/h2,5-10,13,16-17,19,22H,3-4,11-12H2,1H3/t16-,17?,19?/m1/s1. The first-order valence-electron chi connectivity index (χ1n) is 9.18. The summed E-state index contributed by atoms with van der Waals surface area (Å²) >= 11 is 0. The Morgan fingerprint density at radius 3 is 2.68 bits per heavy atom. The molecular weight excluding hydrogens is 310 g/mol. The third kappa shape index (κ3) is 2.71. The Labute approximate surface area is 147 Å². The van der Waals surface area contributed by atoms with Gasteiger partial charge in [-0.1, -0.05) is 6.07 Å². The first-order chi connectivity index (χ1) is 12.3. The Morgan fingerprint density at radius 2 is 1.92 bits per heavy atom. The van der Waals surface area contributed by atoms with E-state index >= 15 is 0 Å². The second kappa shape index (κ2) is 5.88. The number of H-pyrrole nitrogens is 1. The molecule has 3 atom stereocenters. The summed E-state index contributed by atoms with van der Waals surface area (Å²) in [7, 11) is 2.26. The molecular formula is C21H23N3O. The molecule has 4 heteroatoms. The fraction of sp³-hybridized carbons (Fsp3) is 0.381. The van der Waals surface area contributed by atoms with Crippen LogP contribution in [0.1, 0.15) is 25.7 Å². The van der Waals surface area contributed by atoms with Crippen LogP contribution < -0.4 is 4.74 Å². The van der Waals surface area contributed by atoms with Crippen LogP contribution in [-0.2, 0) is 0 Å². The van der Waals surface area contributed by atoms with Gasteiger partial charge in [0, 0.05) is 34.7 Å². The van der Waals surface area contributed by atoms with Crippen molar-refractivity contribution in [3.8, 4) is 17.0 Å². The third-order valence-electron chi connectivity index (χ3n) is 5.94. The molecule has 2 aromatic heterocycles. The van der Waals surface area contributed by atoms with Gasteiger partial charge in [0.25, 0.3) is 0 Å². The molecule has 2 fully saturated rings. The van der Waals surface area contributed by atoms with E-state index in [2.05, 4.69) is 58.3 Å². The Balaban J connectivity index is 1.31. The van der Waals surface area contributed by atoms with Crippen LogP contribution in [0.4, 0.5) is 0 Å². The van der Waals surface area contributed by atoms with Crippen molar-refractivity contribution in [1.29, 1.82) is 0 Å². The second-order valence-electron chi connectivity index (χ2n) is 7.42. The molecule has 25 heavy (non-hydrogen) atoms. The summed E-state index contributed by atoms with van der Waals surface area (Å²) in [6.45, 7) is 0. The first kappa shape index (κ1) is 15.0. The number of pyridine rings is 1. The summed E-state index contributed by atoms with van der Waals surface area (Å²) in [4.78, 5) is 10.4. The molecule has 2 unspecified atom stereocenters. The third-order valence-corrected chi connectivity index (χ3v) is 5.94. The normalized spacial score (nSPS) is 26.2. The quantitative estimate of drug-likeness (QED) is 0.780. The number of nitrogens with one attached hydrogen (secondary N) is 1. The number of aromatic amines is 1. The van der Waals surface area contributed by atoms with Crippen molar-refractivity contribution in [2.24, 2.45) is 0 Å². The fourth-order valence-electron chi connectivity index (χ4n) is 4.48. The minimum absolute atomic E-state index is 0.331. The summed E-state index contributed by atoms with van der Waals surface area (Å²) in [6.07, 6.45) is 9.08. The molecule has 0 aliphatic carbocycles. The topological polar surface area (TPSA) is 41.1 Å². The number of nitrogens with zero attached hydrogens (tertiary/aromatic N) is 2. The SMILES string of the molecule is CN1C2CC[C@@H]1CC(Oc1ccc(-c3ccc4[nH]ccc4c3)nc1)C2. The minimum atomic E-state index is 0.331. The highest BCUT2D eigenvalue weighted by Crippen LogP contribution is 2.36. The Kier molecular flexibility index (Phi) is 3.52. The molecule has 2 saturated heterocycles. The lowest BCUT2D eigenvalue weighted by Gasteiger charge is -2.36. The molecule has 1 aromatic carbocycles. The van der Waals surface area contributed by atoms with E-state index < -0.39 is 0 Å². The summed E-state index contributed by atoms with van der Waals surface area (Å²) < 4.78 is 6.24. The predicted molar refractivity (Wildman–Crippen MR) is 99.8 cm³/mol. The van der Waals surface area contributed by atoms with Gasteiger partial charge in [0.1, 0.15) is 11.9 Å². The monoisotopic (exact) mass is 333 g/mol. The zero-order valence-corrected chi connectivity index (χ0v) is 14.5. The lowest BCUT2D eigenvalue weighted by molar-refractivity contribution is 0.0659. The van der Waals surface area contributed by atoms with Crippen molar-refractivity contribution < 1.29 is 4.74 Å². The minimum Gasteiger partial charge on any atom is -0.489 e. The van der Waals surface area contributed by atoms with Crippen LogP contribution in [0, 0.1) is 0 Å². The lowest BCUT2D eigenvalue weighted by Crippen LogP contribution is -2.43. The number of benzene rings is 1. The number of rotatable bonds is 3. The van der Waals surface area contributed by atoms with Gasteiger partial charge in [-0.3, -0.25) is 4.98 Å². The maximum Gasteiger partial charge on any atom is 0.138 e. The van der Waals surface area contributed by atoms with Crippen molar-refractivity contribution in [3.63, 3.8) is 0 Å². The van der Waals surface area contributed by atoms with Gasteiger partial charge < -0.3 is 14.6 Å². The molecule has 0 saturated carbocycles. The highest BCUT2D eigenvalue weighted by molar-refractivity contribution is 5.84. The second-order valence-corrected chi connectivity index (χ2v) is 7.42. The summed E-state index contributed by atoms with van der Waals surface area (Å²) in [6, 6.07) is 14.0. The predicted octanol–water partition coefficient (Wildman–Crippen LogP) is 4.23. The van der Waals surface area contributed by atoms with Gasteiger partial charge in [-0.2, -0.15) is 0 Å². The smallest absolute Gasteiger partial charge is 0.138 e. The van der Waals surface area contributed by atoms with Gasteiger partial charge in [-0.15, -0.1) is 0 Å². The van der Waals surface area contributed by atoms with E-state index in [1.807, 2.05) is 12.4 Å². The van der Waals surface area contributed by atoms with Crippen LogP contribution in [-0.4, -0.2) is 40.1 Å². The lowest BCUT2D eigenvalue weighted by atomic mass is 10.0.